The number of rotatable bonds is 4. The Morgan fingerprint density at radius 1 is 1.03 bits per heavy atom. The first kappa shape index (κ1) is 21.4. The van der Waals surface area contributed by atoms with E-state index in [1.54, 1.807) is 24.1 Å². The van der Waals surface area contributed by atoms with E-state index in [-0.39, 0.29) is 5.91 Å². The normalized spacial score (nSPS) is 14.1. The number of halogens is 1. The van der Waals surface area contributed by atoms with Crippen LogP contribution < -0.4 is 9.64 Å². The van der Waals surface area contributed by atoms with Crippen molar-refractivity contribution >= 4 is 40.0 Å². The molecule has 9 nitrogen and oxygen atoms in total. The van der Waals surface area contributed by atoms with Crippen LogP contribution in [0.1, 0.15) is 10.6 Å². The van der Waals surface area contributed by atoms with Gasteiger partial charge in [-0.25, -0.2) is 9.38 Å². The van der Waals surface area contributed by atoms with Gasteiger partial charge in [0.25, 0.3) is 5.91 Å². The molecular formula is C25H21ClN6O3. The van der Waals surface area contributed by atoms with Gasteiger partial charge in [0.2, 0.25) is 5.95 Å². The molecule has 1 aliphatic heterocycles. The predicted octanol–water partition coefficient (Wildman–Crippen LogP) is 4.16. The van der Waals surface area contributed by atoms with E-state index in [2.05, 4.69) is 15.1 Å². The van der Waals surface area contributed by atoms with Crippen molar-refractivity contribution in [3.8, 4) is 17.1 Å². The van der Waals surface area contributed by atoms with Gasteiger partial charge in [-0.3, -0.25) is 4.79 Å². The maximum Gasteiger partial charge on any atom is 0.289 e. The van der Waals surface area contributed by atoms with E-state index in [1.807, 2.05) is 46.9 Å². The number of carbonyl (C=O) groups excluding carboxylic acids is 1. The zero-order valence-electron chi connectivity index (χ0n) is 18.9. The molecular weight excluding hydrogens is 468 g/mol. The van der Waals surface area contributed by atoms with Crippen LogP contribution in [0.5, 0.6) is 5.75 Å². The molecule has 0 saturated carbocycles. The highest BCUT2D eigenvalue weighted by molar-refractivity contribution is 6.31. The number of piperazine rings is 1. The average Bonchev–Trinajstić information content (AvgIpc) is 3.59. The standard InChI is InChI=1S/C25H21ClN6O3/c1-34-20-6-3-2-5-18(20)23-29-28-22-17-9-8-16(26)15-19(17)27-25(32(22)23)31-12-10-30(11-13-31)24(33)21-7-4-14-35-21/h2-9,14-15H,10-13H2,1H3. The van der Waals surface area contributed by atoms with Crippen LogP contribution in [0.15, 0.2) is 65.3 Å². The summed E-state index contributed by atoms with van der Waals surface area (Å²) in [5.74, 6) is 2.24. The summed E-state index contributed by atoms with van der Waals surface area (Å²) < 4.78 is 12.8. The molecule has 4 heterocycles. The quantitative estimate of drug-likeness (QED) is 0.375. The molecule has 1 amide bonds. The number of benzene rings is 2. The lowest BCUT2D eigenvalue weighted by atomic mass is 10.2. The van der Waals surface area contributed by atoms with E-state index in [0.29, 0.717) is 60.1 Å². The van der Waals surface area contributed by atoms with Crippen LogP contribution in [0.25, 0.3) is 27.9 Å². The van der Waals surface area contributed by atoms with Gasteiger partial charge in [-0.15, -0.1) is 10.2 Å². The van der Waals surface area contributed by atoms with Gasteiger partial charge in [-0.2, -0.15) is 0 Å². The first-order chi connectivity index (χ1) is 17.1. The van der Waals surface area contributed by atoms with Crippen molar-refractivity contribution in [2.24, 2.45) is 0 Å². The molecule has 1 aliphatic rings. The number of para-hydroxylation sites is 1. The summed E-state index contributed by atoms with van der Waals surface area (Å²) >= 11 is 6.29. The minimum atomic E-state index is -0.114. The molecule has 176 valence electrons. The number of aromatic nitrogens is 4. The number of nitrogens with zero attached hydrogens (tertiary/aromatic N) is 6. The third kappa shape index (κ3) is 3.64. The molecule has 0 N–H and O–H groups in total. The Morgan fingerprint density at radius 2 is 1.86 bits per heavy atom. The summed E-state index contributed by atoms with van der Waals surface area (Å²) in [6.45, 7) is 2.24. The fourth-order valence-electron chi connectivity index (χ4n) is 4.47. The molecule has 1 fully saturated rings. The number of hydrogen-bond donors (Lipinski definition) is 0. The molecule has 1 saturated heterocycles. The van der Waals surface area contributed by atoms with Crippen molar-refractivity contribution in [2.75, 3.05) is 38.2 Å². The third-order valence-electron chi connectivity index (χ3n) is 6.21. The van der Waals surface area contributed by atoms with Crippen LogP contribution in [-0.2, 0) is 0 Å². The molecule has 0 bridgehead atoms. The minimum Gasteiger partial charge on any atom is -0.496 e. The van der Waals surface area contributed by atoms with Crippen molar-refractivity contribution < 1.29 is 13.9 Å². The largest absolute Gasteiger partial charge is 0.496 e. The molecule has 2 aromatic carbocycles. The smallest absolute Gasteiger partial charge is 0.289 e. The fourth-order valence-corrected chi connectivity index (χ4v) is 4.64. The van der Waals surface area contributed by atoms with Gasteiger partial charge >= 0.3 is 0 Å². The summed E-state index contributed by atoms with van der Waals surface area (Å²) in [7, 11) is 1.63. The highest BCUT2D eigenvalue weighted by atomic mass is 35.5. The first-order valence-electron chi connectivity index (χ1n) is 11.2. The van der Waals surface area contributed by atoms with Crippen molar-refractivity contribution in [1.29, 1.82) is 0 Å². The minimum absolute atomic E-state index is 0.114. The van der Waals surface area contributed by atoms with E-state index in [1.165, 1.54) is 6.26 Å². The lowest BCUT2D eigenvalue weighted by molar-refractivity contribution is 0.0714. The second-order valence-electron chi connectivity index (χ2n) is 8.21. The Balaban J connectivity index is 1.45. The van der Waals surface area contributed by atoms with Crippen LogP contribution >= 0.6 is 11.6 Å². The second kappa shape index (κ2) is 8.59. The molecule has 35 heavy (non-hydrogen) atoms. The molecule has 0 atom stereocenters. The van der Waals surface area contributed by atoms with Crippen molar-refractivity contribution in [3.05, 3.63) is 71.6 Å². The monoisotopic (exact) mass is 488 g/mol. The van der Waals surface area contributed by atoms with E-state index >= 15 is 0 Å². The lowest BCUT2D eigenvalue weighted by Crippen LogP contribution is -2.49. The molecule has 0 spiro atoms. The Labute approximate surface area is 205 Å². The Hall–Kier alpha value is -4.11. The summed E-state index contributed by atoms with van der Waals surface area (Å²) in [5, 5.41) is 10.5. The van der Waals surface area contributed by atoms with Gasteiger partial charge < -0.3 is 19.0 Å². The van der Waals surface area contributed by atoms with Crippen molar-refractivity contribution in [1.82, 2.24) is 24.5 Å². The Kier molecular flexibility index (Phi) is 5.26. The second-order valence-corrected chi connectivity index (χ2v) is 8.65. The van der Waals surface area contributed by atoms with Crippen LogP contribution in [0.4, 0.5) is 5.95 Å². The van der Waals surface area contributed by atoms with Gasteiger partial charge in [0.05, 0.1) is 24.5 Å². The number of amides is 1. The van der Waals surface area contributed by atoms with E-state index in [9.17, 15) is 4.79 Å². The average molecular weight is 489 g/mol. The van der Waals surface area contributed by atoms with Gasteiger partial charge in [0, 0.05) is 36.6 Å². The van der Waals surface area contributed by atoms with E-state index in [4.69, 9.17) is 25.7 Å². The van der Waals surface area contributed by atoms with Crippen LogP contribution in [0.2, 0.25) is 5.02 Å². The van der Waals surface area contributed by atoms with E-state index < -0.39 is 0 Å². The maximum atomic E-state index is 12.7. The zero-order valence-corrected chi connectivity index (χ0v) is 19.6. The molecule has 10 heteroatoms. The molecule has 0 aliphatic carbocycles. The SMILES string of the molecule is COc1ccccc1-c1nnc2c3ccc(Cl)cc3nc(N3CCN(C(=O)c4ccco4)CC3)n12. The Morgan fingerprint density at radius 3 is 2.63 bits per heavy atom. The lowest BCUT2D eigenvalue weighted by Gasteiger charge is -2.35. The van der Waals surface area contributed by atoms with Gasteiger partial charge in [-0.1, -0.05) is 23.7 Å². The topological polar surface area (TPSA) is 89.0 Å². The van der Waals surface area contributed by atoms with Gasteiger partial charge in [-0.05, 0) is 42.5 Å². The molecule has 0 radical (unpaired) electrons. The summed E-state index contributed by atoms with van der Waals surface area (Å²) in [4.78, 5) is 21.7. The first-order valence-corrected chi connectivity index (χ1v) is 11.6. The molecule has 5 aromatic rings. The molecule has 3 aromatic heterocycles. The summed E-state index contributed by atoms with van der Waals surface area (Å²) in [6.07, 6.45) is 1.51. The number of furan rings is 1. The van der Waals surface area contributed by atoms with Crippen LogP contribution in [0, 0.1) is 0 Å². The number of fused-ring (bicyclic) bond motifs is 3. The molecule has 0 unspecified atom stereocenters. The number of methoxy groups -OCH3 is 1. The highest BCUT2D eigenvalue weighted by Gasteiger charge is 2.28. The van der Waals surface area contributed by atoms with Crippen molar-refractivity contribution in [2.45, 2.75) is 0 Å². The highest BCUT2D eigenvalue weighted by Crippen LogP contribution is 2.33. The number of anilines is 1. The van der Waals surface area contributed by atoms with Gasteiger partial charge in [0.1, 0.15) is 5.75 Å². The fraction of sp³-hybridized carbons (Fsp3) is 0.200. The summed E-state index contributed by atoms with van der Waals surface area (Å²) in [5.41, 5.74) is 2.22. The Bertz CT molecular complexity index is 1540. The van der Waals surface area contributed by atoms with Crippen LogP contribution in [0.3, 0.4) is 0 Å². The number of carbonyl (C=O) groups is 1. The number of hydrogen-bond acceptors (Lipinski definition) is 7. The molecule has 6 rings (SSSR count). The van der Waals surface area contributed by atoms with E-state index in [0.717, 1.165) is 16.5 Å². The number of ether oxygens (including phenoxy) is 1. The van der Waals surface area contributed by atoms with Crippen molar-refractivity contribution in [3.63, 3.8) is 0 Å². The zero-order chi connectivity index (χ0) is 23.9. The van der Waals surface area contributed by atoms with Gasteiger partial charge in [0.15, 0.2) is 17.2 Å². The predicted molar refractivity (Wildman–Crippen MR) is 132 cm³/mol. The third-order valence-corrected chi connectivity index (χ3v) is 6.45. The maximum absolute atomic E-state index is 12.7. The summed E-state index contributed by atoms with van der Waals surface area (Å²) in [6, 6.07) is 16.7. The van der Waals surface area contributed by atoms with Crippen LogP contribution in [-0.4, -0.2) is 63.7 Å².